The summed E-state index contributed by atoms with van der Waals surface area (Å²) < 4.78 is 36.9. The van der Waals surface area contributed by atoms with E-state index in [1.165, 1.54) is 6.92 Å². The lowest BCUT2D eigenvalue weighted by atomic mass is 10.0. The van der Waals surface area contributed by atoms with Crippen molar-refractivity contribution in [1.29, 1.82) is 0 Å². The summed E-state index contributed by atoms with van der Waals surface area (Å²) in [7, 11) is 0. The molecule has 0 aliphatic heterocycles. The second-order valence-electron chi connectivity index (χ2n) is 3.32. The summed E-state index contributed by atoms with van der Waals surface area (Å²) in [5, 5.41) is 0. The van der Waals surface area contributed by atoms with Crippen molar-refractivity contribution in [3.8, 4) is 0 Å². The summed E-state index contributed by atoms with van der Waals surface area (Å²) in [6.07, 6.45) is -4.30. The van der Waals surface area contributed by atoms with Gasteiger partial charge in [0.25, 0.3) is 0 Å². The summed E-state index contributed by atoms with van der Waals surface area (Å²) >= 11 is 0. The molecule has 0 atom stereocenters. The van der Waals surface area contributed by atoms with Gasteiger partial charge in [-0.3, -0.25) is 4.79 Å². The predicted octanol–water partition coefficient (Wildman–Crippen LogP) is 2.79. The molecule has 0 aliphatic carbocycles. The Morgan fingerprint density at radius 1 is 1.38 bits per heavy atom. The van der Waals surface area contributed by atoms with Gasteiger partial charge < -0.3 is 4.79 Å². The topological polar surface area (TPSA) is 34.1 Å². The fraction of sp³-hybridized carbons (Fsp3) is 0.273. The maximum absolute atomic E-state index is 12.3. The van der Waals surface area contributed by atoms with Crippen LogP contribution in [0, 0.1) is 6.92 Å². The molecule has 0 heterocycles. The number of hydrogen-bond acceptors (Lipinski definition) is 2. The highest BCUT2D eigenvalue weighted by atomic mass is 19.4. The van der Waals surface area contributed by atoms with Gasteiger partial charge in [-0.25, -0.2) is 0 Å². The highest BCUT2D eigenvalue weighted by Crippen LogP contribution is 2.30. The van der Waals surface area contributed by atoms with Crippen molar-refractivity contribution in [2.24, 2.45) is 0 Å². The Balaban J connectivity index is 3.10. The third kappa shape index (κ3) is 2.68. The van der Waals surface area contributed by atoms with Gasteiger partial charge in [0.1, 0.15) is 6.29 Å². The van der Waals surface area contributed by atoms with Crippen molar-refractivity contribution in [2.45, 2.75) is 19.5 Å². The van der Waals surface area contributed by atoms with E-state index >= 15 is 0 Å². The largest absolute Gasteiger partial charge is 0.416 e. The van der Waals surface area contributed by atoms with Crippen LogP contribution in [0.5, 0.6) is 0 Å². The highest BCUT2D eigenvalue weighted by Gasteiger charge is 2.30. The molecule has 1 aromatic carbocycles. The van der Waals surface area contributed by atoms with Crippen LogP contribution in [-0.2, 0) is 11.0 Å². The van der Waals surface area contributed by atoms with Crippen LogP contribution >= 0.6 is 0 Å². The van der Waals surface area contributed by atoms with E-state index in [0.717, 1.165) is 18.2 Å². The minimum atomic E-state index is -4.42. The maximum Gasteiger partial charge on any atom is 0.416 e. The zero-order valence-corrected chi connectivity index (χ0v) is 8.47. The molecule has 0 aromatic heterocycles. The Morgan fingerprint density at radius 2 is 2.00 bits per heavy atom. The zero-order valence-electron chi connectivity index (χ0n) is 8.47. The van der Waals surface area contributed by atoms with Gasteiger partial charge in [0.2, 0.25) is 0 Å². The molecule has 0 saturated heterocycles. The number of Topliss-reactive ketones (excluding diaryl/α,β-unsaturated/α-hetero) is 1. The predicted molar refractivity (Wildman–Crippen MR) is 51.2 cm³/mol. The molecule has 0 amide bonds. The fourth-order valence-corrected chi connectivity index (χ4v) is 1.34. The Kier molecular flexibility index (Phi) is 3.47. The molecule has 0 bridgehead atoms. The molecule has 0 aliphatic rings. The van der Waals surface area contributed by atoms with Gasteiger partial charge in [-0.1, -0.05) is 6.07 Å². The van der Waals surface area contributed by atoms with Crippen molar-refractivity contribution in [1.82, 2.24) is 0 Å². The van der Waals surface area contributed by atoms with Crippen LogP contribution in [0.4, 0.5) is 13.2 Å². The van der Waals surface area contributed by atoms with Crippen molar-refractivity contribution in [2.75, 3.05) is 0 Å². The van der Waals surface area contributed by atoms with Crippen LogP contribution in [0.25, 0.3) is 0 Å². The van der Waals surface area contributed by atoms with Gasteiger partial charge in [0.05, 0.1) is 12.0 Å². The number of aldehydes is 1. The third-order valence-corrected chi connectivity index (χ3v) is 2.12. The van der Waals surface area contributed by atoms with Crippen LogP contribution in [0.15, 0.2) is 18.2 Å². The van der Waals surface area contributed by atoms with Crippen molar-refractivity contribution in [3.63, 3.8) is 0 Å². The van der Waals surface area contributed by atoms with Crippen LogP contribution in [0.3, 0.4) is 0 Å². The molecule has 86 valence electrons. The standard InChI is InChI=1S/C11H9F3O2/c1-7-6-8(11(12,13)14)2-3-9(7)10(16)4-5-15/h2-3,5-6H,4H2,1H3. The lowest BCUT2D eigenvalue weighted by Gasteiger charge is -2.09. The lowest BCUT2D eigenvalue weighted by Crippen LogP contribution is -2.08. The number of halogens is 3. The van der Waals surface area contributed by atoms with E-state index in [1.54, 1.807) is 0 Å². The summed E-state index contributed by atoms with van der Waals surface area (Å²) in [6.45, 7) is 1.41. The minimum absolute atomic E-state index is 0.153. The molecule has 0 fully saturated rings. The van der Waals surface area contributed by atoms with Crippen molar-refractivity contribution >= 4 is 12.1 Å². The van der Waals surface area contributed by atoms with E-state index in [-0.39, 0.29) is 17.5 Å². The van der Waals surface area contributed by atoms with Gasteiger partial charge in [-0.15, -0.1) is 0 Å². The number of alkyl halides is 3. The quantitative estimate of drug-likeness (QED) is 0.454. The molecule has 0 spiro atoms. The average Bonchev–Trinajstić information content (AvgIpc) is 2.16. The number of benzene rings is 1. The SMILES string of the molecule is Cc1cc(C(F)(F)F)ccc1C(=O)CC=O. The molecule has 0 unspecified atom stereocenters. The third-order valence-electron chi connectivity index (χ3n) is 2.12. The molecule has 5 heteroatoms. The van der Waals surface area contributed by atoms with Crippen molar-refractivity contribution in [3.05, 3.63) is 34.9 Å². The lowest BCUT2D eigenvalue weighted by molar-refractivity contribution is -0.137. The molecule has 0 N–H and O–H groups in total. The van der Waals surface area contributed by atoms with Gasteiger partial charge in [-0.05, 0) is 24.6 Å². The number of hydrogen-bond donors (Lipinski definition) is 0. The fourth-order valence-electron chi connectivity index (χ4n) is 1.34. The molecule has 2 nitrogen and oxygen atoms in total. The molecule has 1 aromatic rings. The van der Waals surface area contributed by atoms with Crippen molar-refractivity contribution < 1.29 is 22.8 Å². The number of aryl methyl sites for hydroxylation is 1. The first-order chi connectivity index (χ1) is 7.36. The monoisotopic (exact) mass is 230 g/mol. The molecular weight excluding hydrogens is 221 g/mol. The highest BCUT2D eigenvalue weighted by molar-refractivity contribution is 6.03. The summed E-state index contributed by atoms with van der Waals surface area (Å²) in [6, 6.07) is 2.84. The molecule has 0 radical (unpaired) electrons. The van der Waals surface area contributed by atoms with Crippen LogP contribution in [-0.4, -0.2) is 12.1 Å². The smallest absolute Gasteiger partial charge is 0.303 e. The zero-order chi connectivity index (χ0) is 12.3. The molecule has 0 saturated carbocycles. The summed E-state index contributed by atoms with van der Waals surface area (Å²) in [4.78, 5) is 21.4. The van der Waals surface area contributed by atoms with E-state index in [1.807, 2.05) is 0 Å². The van der Waals surface area contributed by atoms with Crippen LogP contribution in [0.2, 0.25) is 0 Å². The Hall–Kier alpha value is -1.65. The Bertz CT molecular complexity index is 422. The number of ketones is 1. The van der Waals surface area contributed by atoms with E-state index < -0.39 is 17.5 Å². The first kappa shape index (κ1) is 12.4. The Morgan fingerprint density at radius 3 is 2.44 bits per heavy atom. The van der Waals surface area contributed by atoms with Gasteiger partial charge in [0.15, 0.2) is 5.78 Å². The minimum Gasteiger partial charge on any atom is -0.303 e. The van der Waals surface area contributed by atoms with Gasteiger partial charge in [-0.2, -0.15) is 13.2 Å². The number of carbonyl (C=O) groups excluding carboxylic acids is 2. The number of carbonyl (C=O) groups is 2. The van der Waals surface area contributed by atoms with E-state index in [9.17, 15) is 22.8 Å². The van der Waals surface area contributed by atoms with E-state index in [2.05, 4.69) is 0 Å². The molecule has 1 rings (SSSR count). The first-order valence-electron chi connectivity index (χ1n) is 4.51. The van der Waals surface area contributed by atoms with Gasteiger partial charge >= 0.3 is 6.18 Å². The maximum atomic E-state index is 12.3. The molecular formula is C11H9F3O2. The molecule has 16 heavy (non-hydrogen) atoms. The van der Waals surface area contributed by atoms with E-state index in [0.29, 0.717) is 6.29 Å². The first-order valence-corrected chi connectivity index (χ1v) is 4.51. The van der Waals surface area contributed by atoms with Crippen LogP contribution < -0.4 is 0 Å². The van der Waals surface area contributed by atoms with Crippen LogP contribution in [0.1, 0.15) is 27.9 Å². The second kappa shape index (κ2) is 4.47. The number of rotatable bonds is 3. The average molecular weight is 230 g/mol. The van der Waals surface area contributed by atoms with E-state index in [4.69, 9.17) is 0 Å². The summed E-state index contributed by atoms with van der Waals surface area (Å²) in [5.41, 5.74) is -0.422. The van der Waals surface area contributed by atoms with Gasteiger partial charge in [0, 0.05) is 5.56 Å². The summed E-state index contributed by atoms with van der Waals surface area (Å²) in [5.74, 6) is -0.471. The second-order valence-corrected chi connectivity index (χ2v) is 3.32. The Labute approximate surface area is 90.1 Å². The normalized spacial score (nSPS) is 11.2.